The van der Waals surface area contributed by atoms with Crippen molar-refractivity contribution in [3.05, 3.63) is 29.8 Å². The van der Waals surface area contributed by atoms with Gasteiger partial charge in [0.2, 0.25) is 5.91 Å². The summed E-state index contributed by atoms with van der Waals surface area (Å²) in [5.74, 6) is -0.291. The summed E-state index contributed by atoms with van der Waals surface area (Å²) in [5.41, 5.74) is 6.68. The monoisotopic (exact) mass is 263 g/mol. The molecule has 0 radical (unpaired) electrons. The van der Waals surface area contributed by atoms with Gasteiger partial charge in [-0.15, -0.1) is 0 Å². The van der Waals surface area contributed by atoms with E-state index in [1.165, 1.54) is 0 Å². The number of amides is 2. The van der Waals surface area contributed by atoms with Crippen LogP contribution in [0.5, 0.6) is 0 Å². The van der Waals surface area contributed by atoms with E-state index in [9.17, 15) is 9.59 Å². The first-order chi connectivity index (χ1) is 9.08. The van der Waals surface area contributed by atoms with Gasteiger partial charge in [-0.25, -0.2) is 0 Å². The summed E-state index contributed by atoms with van der Waals surface area (Å²) in [6, 6.07) is 6.82. The Balaban J connectivity index is 2.62. The second-order valence-electron chi connectivity index (χ2n) is 4.40. The van der Waals surface area contributed by atoms with Gasteiger partial charge in [-0.2, -0.15) is 0 Å². The van der Waals surface area contributed by atoms with Crippen molar-refractivity contribution >= 4 is 17.5 Å². The number of benzene rings is 1. The molecule has 5 nitrogen and oxygen atoms in total. The fraction of sp³-hybridized carbons (Fsp3) is 0.429. The molecule has 1 unspecified atom stereocenters. The van der Waals surface area contributed by atoms with Gasteiger partial charge >= 0.3 is 0 Å². The fourth-order valence-corrected chi connectivity index (χ4v) is 1.61. The molecule has 4 N–H and O–H groups in total. The van der Waals surface area contributed by atoms with E-state index >= 15 is 0 Å². The van der Waals surface area contributed by atoms with Crippen molar-refractivity contribution in [1.29, 1.82) is 0 Å². The number of anilines is 1. The number of nitrogens with two attached hydrogens (primary N) is 1. The van der Waals surface area contributed by atoms with Crippen molar-refractivity contribution in [2.24, 2.45) is 11.7 Å². The van der Waals surface area contributed by atoms with Crippen molar-refractivity contribution in [3.63, 3.8) is 0 Å². The molecule has 0 saturated carbocycles. The van der Waals surface area contributed by atoms with Gasteiger partial charge in [0.05, 0.1) is 0 Å². The number of hydrogen-bond donors (Lipinski definition) is 3. The summed E-state index contributed by atoms with van der Waals surface area (Å²) in [7, 11) is 0. The Morgan fingerprint density at radius 1 is 1.26 bits per heavy atom. The van der Waals surface area contributed by atoms with Gasteiger partial charge in [-0.3, -0.25) is 9.59 Å². The van der Waals surface area contributed by atoms with E-state index in [1.54, 1.807) is 24.3 Å². The molecule has 0 bridgehead atoms. The molecule has 1 aromatic carbocycles. The van der Waals surface area contributed by atoms with Crippen LogP contribution in [0.25, 0.3) is 0 Å². The topological polar surface area (TPSA) is 84.2 Å². The molecule has 5 heteroatoms. The van der Waals surface area contributed by atoms with Crippen molar-refractivity contribution in [2.45, 2.75) is 20.3 Å². The molecule has 0 aliphatic rings. The number of carbonyl (C=O) groups excluding carboxylic acids is 2. The molecule has 0 saturated heterocycles. The SMILES string of the molecule is CCNC(=O)c1ccc(NC(=O)C(C)CCN)cc1. The Hall–Kier alpha value is -1.88. The standard InChI is InChI=1S/C14H21N3O2/c1-3-16-14(19)11-4-6-12(7-5-11)17-13(18)10(2)8-9-15/h4-7,10H,3,8-9,15H2,1-2H3,(H,16,19)(H,17,18). The van der Waals surface area contributed by atoms with E-state index in [2.05, 4.69) is 10.6 Å². The minimum atomic E-state index is -0.118. The number of nitrogens with one attached hydrogen (secondary N) is 2. The first-order valence-corrected chi connectivity index (χ1v) is 6.47. The van der Waals surface area contributed by atoms with Crippen LogP contribution >= 0.6 is 0 Å². The van der Waals surface area contributed by atoms with Gasteiger partial charge in [0, 0.05) is 23.7 Å². The van der Waals surface area contributed by atoms with E-state index in [-0.39, 0.29) is 17.7 Å². The largest absolute Gasteiger partial charge is 0.352 e. The van der Waals surface area contributed by atoms with Crippen molar-refractivity contribution in [3.8, 4) is 0 Å². The number of hydrogen-bond acceptors (Lipinski definition) is 3. The molecule has 0 spiro atoms. The molecular weight excluding hydrogens is 242 g/mol. The third-order valence-corrected chi connectivity index (χ3v) is 2.80. The highest BCUT2D eigenvalue weighted by atomic mass is 16.2. The zero-order valence-electron chi connectivity index (χ0n) is 11.4. The lowest BCUT2D eigenvalue weighted by Crippen LogP contribution is -2.23. The summed E-state index contributed by atoms with van der Waals surface area (Å²) < 4.78 is 0. The van der Waals surface area contributed by atoms with Crippen molar-refractivity contribution < 1.29 is 9.59 Å². The molecule has 2 amide bonds. The van der Waals surface area contributed by atoms with Crippen molar-refractivity contribution in [2.75, 3.05) is 18.4 Å². The van der Waals surface area contributed by atoms with E-state index in [4.69, 9.17) is 5.73 Å². The molecule has 0 aromatic heterocycles. The van der Waals surface area contributed by atoms with Crippen LogP contribution < -0.4 is 16.4 Å². The van der Waals surface area contributed by atoms with E-state index in [1.807, 2.05) is 13.8 Å². The van der Waals surface area contributed by atoms with E-state index in [0.29, 0.717) is 30.8 Å². The number of rotatable bonds is 6. The van der Waals surface area contributed by atoms with Crippen LogP contribution in [0.15, 0.2) is 24.3 Å². The van der Waals surface area contributed by atoms with E-state index < -0.39 is 0 Å². The van der Waals surface area contributed by atoms with Gasteiger partial charge in [0.1, 0.15) is 0 Å². The van der Waals surface area contributed by atoms with Gasteiger partial charge in [0.25, 0.3) is 5.91 Å². The predicted octanol–water partition coefficient (Wildman–Crippen LogP) is 1.36. The zero-order valence-corrected chi connectivity index (χ0v) is 11.4. The maximum Gasteiger partial charge on any atom is 0.251 e. The highest BCUT2D eigenvalue weighted by molar-refractivity contribution is 5.96. The van der Waals surface area contributed by atoms with Gasteiger partial charge in [-0.05, 0) is 44.2 Å². The van der Waals surface area contributed by atoms with Crippen LogP contribution in [0.2, 0.25) is 0 Å². The average molecular weight is 263 g/mol. The predicted molar refractivity (Wildman–Crippen MR) is 75.9 cm³/mol. The summed E-state index contributed by atoms with van der Waals surface area (Å²) in [6.45, 7) is 4.79. The summed E-state index contributed by atoms with van der Waals surface area (Å²) in [5, 5.41) is 5.52. The smallest absolute Gasteiger partial charge is 0.251 e. The molecule has 19 heavy (non-hydrogen) atoms. The van der Waals surface area contributed by atoms with Crippen LogP contribution in [-0.2, 0) is 4.79 Å². The maximum atomic E-state index is 11.8. The normalized spacial score (nSPS) is 11.7. The first-order valence-electron chi connectivity index (χ1n) is 6.47. The van der Waals surface area contributed by atoms with Crippen LogP contribution in [-0.4, -0.2) is 24.9 Å². The molecule has 0 aliphatic carbocycles. The van der Waals surface area contributed by atoms with Gasteiger partial charge in [0.15, 0.2) is 0 Å². The molecular formula is C14H21N3O2. The Kier molecular flexibility index (Phi) is 6.02. The Labute approximate surface area is 113 Å². The second-order valence-corrected chi connectivity index (χ2v) is 4.40. The first kappa shape index (κ1) is 15.2. The Morgan fingerprint density at radius 3 is 2.42 bits per heavy atom. The lowest BCUT2D eigenvalue weighted by atomic mass is 10.1. The third-order valence-electron chi connectivity index (χ3n) is 2.80. The molecule has 0 heterocycles. The summed E-state index contributed by atoms with van der Waals surface area (Å²) in [6.07, 6.45) is 0.656. The minimum Gasteiger partial charge on any atom is -0.352 e. The molecule has 1 rings (SSSR count). The lowest BCUT2D eigenvalue weighted by molar-refractivity contribution is -0.119. The van der Waals surface area contributed by atoms with Crippen LogP contribution in [0.1, 0.15) is 30.6 Å². The Morgan fingerprint density at radius 2 is 1.89 bits per heavy atom. The second kappa shape index (κ2) is 7.53. The zero-order chi connectivity index (χ0) is 14.3. The highest BCUT2D eigenvalue weighted by Crippen LogP contribution is 2.12. The van der Waals surface area contributed by atoms with Gasteiger partial charge in [-0.1, -0.05) is 6.92 Å². The maximum absolute atomic E-state index is 11.8. The summed E-state index contributed by atoms with van der Waals surface area (Å²) >= 11 is 0. The van der Waals surface area contributed by atoms with Crippen LogP contribution in [0, 0.1) is 5.92 Å². The lowest BCUT2D eigenvalue weighted by Gasteiger charge is -2.11. The fourth-order valence-electron chi connectivity index (χ4n) is 1.61. The van der Waals surface area contributed by atoms with Crippen LogP contribution in [0.4, 0.5) is 5.69 Å². The van der Waals surface area contributed by atoms with E-state index in [0.717, 1.165) is 0 Å². The quantitative estimate of drug-likeness (QED) is 0.724. The molecule has 0 fully saturated rings. The molecule has 0 aliphatic heterocycles. The highest BCUT2D eigenvalue weighted by Gasteiger charge is 2.12. The minimum absolute atomic E-state index is 0.0591. The average Bonchev–Trinajstić information content (AvgIpc) is 2.40. The third kappa shape index (κ3) is 4.71. The summed E-state index contributed by atoms with van der Waals surface area (Å²) in [4.78, 5) is 23.3. The number of carbonyl (C=O) groups is 2. The van der Waals surface area contributed by atoms with Gasteiger partial charge < -0.3 is 16.4 Å². The molecule has 104 valence electrons. The van der Waals surface area contributed by atoms with Crippen molar-refractivity contribution in [1.82, 2.24) is 5.32 Å². The van der Waals surface area contributed by atoms with Crippen LogP contribution in [0.3, 0.4) is 0 Å². The molecule has 1 atom stereocenters. The Bertz CT molecular complexity index is 429. The molecule has 1 aromatic rings.